The van der Waals surface area contributed by atoms with Gasteiger partial charge in [-0.3, -0.25) is 0 Å². The zero-order valence-electron chi connectivity index (χ0n) is 10.8. The molecule has 0 amide bonds. The van der Waals surface area contributed by atoms with Crippen molar-refractivity contribution < 1.29 is 0 Å². The van der Waals surface area contributed by atoms with Gasteiger partial charge in [-0.2, -0.15) is 0 Å². The van der Waals surface area contributed by atoms with Crippen molar-refractivity contribution in [2.24, 2.45) is 5.92 Å². The molecular formula is C15H20N2S. The van der Waals surface area contributed by atoms with Crippen LogP contribution in [0.2, 0.25) is 0 Å². The Hall–Kier alpha value is -0.930. The number of hydrogen-bond acceptors (Lipinski definition) is 2. The van der Waals surface area contributed by atoms with E-state index in [1.54, 1.807) is 0 Å². The lowest BCUT2D eigenvalue weighted by Crippen LogP contribution is -2.24. The quantitative estimate of drug-likeness (QED) is 0.776. The van der Waals surface area contributed by atoms with E-state index < -0.39 is 0 Å². The van der Waals surface area contributed by atoms with Crippen molar-refractivity contribution in [1.29, 1.82) is 0 Å². The number of rotatable bonds is 6. The molecule has 0 saturated heterocycles. The summed E-state index contributed by atoms with van der Waals surface area (Å²) < 4.78 is 0. The predicted octanol–water partition coefficient (Wildman–Crippen LogP) is 3.65. The second kappa shape index (κ2) is 5.37. The summed E-state index contributed by atoms with van der Waals surface area (Å²) in [4.78, 5) is 3.47. The Morgan fingerprint density at radius 3 is 3.00 bits per heavy atom. The fraction of sp³-hybridized carbons (Fsp3) is 0.467. The monoisotopic (exact) mass is 260 g/mol. The number of hydrogen-bond donors (Lipinski definition) is 2. The molecule has 1 fully saturated rings. The summed E-state index contributed by atoms with van der Waals surface area (Å²) in [5.41, 5.74) is 1.24. The first-order valence-corrected chi connectivity index (χ1v) is 7.74. The molecule has 1 aliphatic carbocycles. The van der Waals surface area contributed by atoms with Gasteiger partial charge in [0.25, 0.3) is 0 Å². The molecule has 2 nitrogen and oxygen atoms in total. The molecule has 96 valence electrons. The van der Waals surface area contributed by atoms with E-state index in [1.165, 1.54) is 34.5 Å². The van der Waals surface area contributed by atoms with Gasteiger partial charge < -0.3 is 10.3 Å². The van der Waals surface area contributed by atoms with E-state index in [4.69, 9.17) is 0 Å². The highest BCUT2D eigenvalue weighted by atomic mass is 32.2. The number of benzene rings is 1. The zero-order chi connectivity index (χ0) is 12.4. The lowest BCUT2D eigenvalue weighted by Gasteiger charge is -2.10. The van der Waals surface area contributed by atoms with Crippen LogP contribution in [0.25, 0.3) is 10.9 Å². The van der Waals surface area contributed by atoms with Gasteiger partial charge in [-0.05, 0) is 37.4 Å². The van der Waals surface area contributed by atoms with Gasteiger partial charge in [0, 0.05) is 22.7 Å². The normalized spacial score (nSPS) is 17.2. The van der Waals surface area contributed by atoms with Gasteiger partial charge in [-0.25, -0.2) is 0 Å². The fourth-order valence-corrected chi connectivity index (χ4v) is 3.05. The number of para-hydroxylation sites is 1. The Balaban J connectivity index is 1.51. The molecule has 1 heterocycles. The lowest BCUT2D eigenvalue weighted by molar-refractivity contribution is 0.556. The Morgan fingerprint density at radius 1 is 1.39 bits per heavy atom. The first kappa shape index (κ1) is 12.1. The number of aromatic nitrogens is 1. The van der Waals surface area contributed by atoms with Crippen LogP contribution in [0.5, 0.6) is 0 Å². The summed E-state index contributed by atoms with van der Waals surface area (Å²) in [6.45, 7) is 3.48. The van der Waals surface area contributed by atoms with Gasteiger partial charge >= 0.3 is 0 Å². The van der Waals surface area contributed by atoms with Crippen molar-refractivity contribution in [3.8, 4) is 0 Å². The lowest BCUT2D eigenvalue weighted by atomic mass is 10.2. The van der Waals surface area contributed by atoms with Crippen LogP contribution in [0, 0.1) is 5.92 Å². The Bertz CT molecular complexity index is 483. The van der Waals surface area contributed by atoms with Crippen LogP contribution in [0.4, 0.5) is 0 Å². The van der Waals surface area contributed by atoms with Gasteiger partial charge in [0.2, 0.25) is 0 Å². The van der Waals surface area contributed by atoms with Gasteiger partial charge in [0.1, 0.15) is 0 Å². The molecule has 3 heteroatoms. The first-order valence-electron chi connectivity index (χ1n) is 6.75. The maximum Gasteiger partial charge on any atom is 0.0732 e. The summed E-state index contributed by atoms with van der Waals surface area (Å²) in [5, 5.41) is 6.19. The van der Waals surface area contributed by atoms with Crippen molar-refractivity contribution in [3.63, 3.8) is 0 Å². The molecule has 2 N–H and O–H groups in total. The number of fused-ring (bicyclic) bond motifs is 1. The molecule has 1 saturated carbocycles. The van der Waals surface area contributed by atoms with Crippen LogP contribution >= 0.6 is 11.8 Å². The zero-order valence-corrected chi connectivity index (χ0v) is 11.6. The highest BCUT2D eigenvalue weighted by molar-refractivity contribution is 7.99. The van der Waals surface area contributed by atoms with Crippen LogP contribution in [-0.4, -0.2) is 23.3 Å². The number of nitrogens with one attached hydrogen (secondary N) is 2. The summed E-state index contributed by atoms with van der Waals surface area (Å²) in [5.74, 6) is 1.90. The molecule has 0 bridgehead atoms. The number of H-pyrrole nitrogens is 1. The van der Waals surface area contributed by atoms with Crippen LogP contribution < -0.4 is 5.32 Å². The third-order valence-corrected chi connectivity index (χ3v) is 4.63. The third kappa shape index (κ3) is 3.09. The largest absolute Gasteiger partial charge is 0.350 e. The molecule has 1 aliphatic rings. The van der Waals surface area contributed by atoms with Crippen molar-refractivity contribution in [1.82, 2.24) is 10.3 Å². The molecule has 1 aromatic carbocycles. The molecule has 18 heavy (non-hydrogen) atoms. The van der Waals surface area contributed by atoms with E-state index in [0.717, 1.165) is 18.5 Å². The average molecular weight is 260 g/mol. The maximum atomic E-state index is 3.60. The predicted molar refractivity (Wildman–Crippen MR) is 79.2 cm³/mol. The Kier molecular flexibility index (Phi) is 3.62. The van der Waals surface area contributed by atoms with E-state index in [-0.39, 0.29) is 0 Å². The Labute approximate surface area is 113 Å². The molecule has 1 unspecified atom stereocenters. The number of thioether (sulfide) groups is 1. The minimum Gasteiger partial charge on any atom is -0.350 e. The molecular weight excluding hydrogens is 240 g/mol. The Morgan fingerprint density at radius 2 is 2.22 bits per heavy atom. The van der Waals surface area contributed by atoms with Crippen molar-refractivity contribution in [3.05, 3.63) is 30.3 Å². The van der Waals surface area contributed by atoms with E-state index in [2.05, 4.69) is 47.6 Å². The molecule has 0 spiro atoms. The molecule has 3 rings (SSSR count). The molecule has 0 radical (unpaired) electrons. The van der Waals surface area contributed by atoms with E-state index in [9.17, 15) is 0 Å². The van der Waals surface area contributed by atoms with Gasteiger partial charge in [-0.1, -0.05) is 25.1 Å². The van der Waals surface area contributed by atoms with Crippen molar-refractivity contribution in [2.45, 2.75) is 30.8 Å². The standard InChI is InChI=1S/C15H20N2S/c1-11(9-16-13-6-7-13)10-18-15-8-12-4-2-3-5-14(12)17-15/h2-5,8,11,13,16-17H,6-7,9-10H2,1H3. The first-order chi connectivity index (χ1) is 8.81. The van der Waals surface area contributed by atoms with E-state index in [0.29, 0.717) is 0 Å². The smallest absolute Gasteiger partial charge is 0.0732 e. The molecule has 1 aromatic heterocycles. The molecule has 2 aromatic rings. The number of aromatic amines is 1. The second-order valence-electron chi connectivity index (χ2n) is 5.32. The SMILES string of the molecule is CC(CNC1CC1)CSc1cc2ccccc2[nH]1. The third-order valence-electron chi connectivity index (χ3n) is 3.36. The highest BCUT2D eigenvalue weighted by Gasteiger charge is 2.20. The van der Waals surface area contributed by atoms with Crippen LogP contribution in [0.15, 0.2) is 35.4 Å². The fourth-order valence-electron chi connectivity index (χ4n) is 2.07. The van der Waals surface area contributed by atoms with Crippen molar-refractivity contribution >= 4 is 22.7 Å². The summed E-state index contributed by atoms with van der Waals surface area (Å²) in [6.07, 6.45) is 2.75. The highest BCUT2D eigenvalue weighted by Crippen LogP contribution is 2.25. The summed E-state index contributed by atoms with van der Waals surface area (Å²) in [7, 11) is 0. The summed E-state index contributed by atoms with van der Waals surface area (Å²) in [6, 6.07) is 11.5. The van der Waals surface area contributed by atoms with E-state index >= 15 is 0 Å². The minimum atomic E-state index is 0.724. The van der Waals surface area contributed by atoms with Crippen LogP contribution in [0.3, 0.4) is 0 Å². The maximum absolute atomic E-state index is 3.60. The van der Waals surface area contributed by atoms with E-state index in [1.807, 2.05) is 11.8 Å². The van der Waals surface area contributed by atoms with Crippen molar-refractivity contribution in [2.75, 3.05) is 12.3 Å². The molecule has 0 aliphatic heterocycles. The summed E-state index contributed by atoms with van der Waals surface area (Å²) >= 11 is 1.93. The van der Waals surface area contributed by atoms with Gasteiger partial charge in [-0.15, -0.1) is 11.8 Å². The van der Waals surface area contributed by atoms with Crippen LogP contribution in [0.1, 0.15) is 19.8 Å². The topological polar surface area (TPSA) is 27.8 Å². The average Bonchev–Trinajstić information content (AvgIpc) is 3.11. The molecule has 1 atom stereocenters. The minimum absolute atomic E-state index is 0.724. The van der Waals surface area contributed by atoms with Gasteiger partial charge in [0.05, 0.1) is 5.03 Å². The van der Waals surface area contributed by atoms with Gasteiger partial charge in [0.15, 0.2) is 0 Å². The van der Waals surface area contributed by atoms with Crippen LogP contribution in [-0.2, 0) is 0 Å². The second-order valence-corrected chi connectivity index (χ2v) is 6.38.